The first-order valence-electron chi connectivity index (χ1n) is 7.73. The summed E-state index contributed by atoms with van der Waals surface area (Å²) >= 11 is 0. The Kier molecular flexibility index (Phi) is 3.64. The van der Waals surface area contributed by atoms with E-state index in [-0.39, 0.29) is 11.8 Å². The number of amides is 1. The lowest BCUT2D eigenvalue weighted by molar-refractivity contribution is -0.0521. The van der Waals surface area contributed by atoms with E-state index >= 15 is 0 Å². The lowest BCUT2D eigenvalue weighted by atomic mass is 9.81. The smallest absolute Gasteiger partial charge is 0.253 e. The van der Waals surface area contributed by atoms with Crippen LogP contribution in [-0.2, 0) is 7.05 Å². The molecule has 118 valence electrons. The van der Waals surface area contributed by atoms with Gasteiger partial charge >= 0.3 is 0 Å². The van der Waals surface area contributed by atoms with Crippen LogP contribution in [0, 0.1) is 5.92 Å². The van der Waals surface area contributed by atoms with Crippen LogP contribution in [0.1, 0.15) is 37.0 Å². The molecule has 1 aliphatic rings. The topological polar surface area (TPSA) is 71.2 Å². The van der Waals surface area contributed by atoms with Gasteiger partial charge in [0, 0.05) is 31.6 Å². The first-order valence-corrected chi connectivity index (χ1v) is 7.73. The molecule has 0 unspecified atom stereocenters. The zero-order valence-corrected chi connectivity index (χ0v) is 13.3. The van der Waals surface area contributed by atoms with E-state index in [1.54, 1.807) is 10.7 Å². The minimum atomic E-state index is -0.680. The lowest BCUT2D eigenvalue weighted by Crippen LogP contribution is -2.51. The number of aliphatic hydroxyl groups is 1. The van der Waals surface area contributed by atoms with Gasteiger partial charge in [-0.05, 0) is 38.0 Å². The molecule has 6 nitrogen and oxygen atoms in total. The first-order chi connectivity index (χ1) is 10.4. The molecular formula is C16H22N4O2. The molecule has 0 radical (unpaired) electrons. The van der Waals surface area contributed by atoms with Gasteiger partial charge in [-0.3, -0.25) is 4.79 Å². The van der Waals surface area contributed by atoms with E-state index in [9.17, 15) is 9.90 Å². The van der Waals surface area contributed by atoms with Gasteiger partial charge in [0.15, 0.2) is 0 Å². The van der Waals surface area contributed by atoms with Crippen molar-refractivity contribution in [3.8, 4) is 0 Å². The molecule has 1 amide bonds. The van der Waals surface area contributed by atoms with Crippen LogP contribution in [0.5, 0.6) is 0 Å². The van der Waals surface area contributed by atoms with Crippen molar-refractivity contribution in [3.05, 3.63) is 23.8 Å². The predicted octanol–water partition coefficient (Wildman–Crippen LogP) is 1.59. The Hall–Kier alpha value is -1.95. The number of nitrogens with zero attached hydrogens (tertiary/aromatic N) is 4. The maximum absolute atomic E-state index is 12.7. The average Bonchev–Trinajstić information content (AvgIpc) is 2.87. The van der Waals surface area contributed by atoms with Crippen LogP contribution in [0.15, 0.2) is 18.2 Å². The maximum Gasteiger partial charge on any atom is 0.253 e. The van der Waals surface area contributed by atoms with Crippen molar-refractivity contribution >= 4 is 16.9 Å². The number of carbonyl (C=O) groups excluding carboxylic acids is 1. The van der Waals surface area contributed by atoms with Crippen molar-refractivity contribution in [2.75, 3.05) is 13.1 Å². The molecule has 22 heavy (non-hydrogen) atoms. The molecule has 0 bridgehead atoms. The summed E-state index contributed by atoms with van der Waals surface area (Å²) in [5.74, 6) is 0.118. The fourth-order valence-corrected chi connectivity index (χ4v) is 3.23. The summed E-state index contributed by atoms with van der Waals surface area (Å²) in [5.41, 5.74) is 1.58. The largest absolute Gasteiger partial charge is 0.390 e. The minimum Gasteiger partial charge on any atom is -0.390 e. The fraction of sp³-hybridized carbons (Fsp3) is 0.562. The zero-order chi connectivity index (χ0) is 15.9. The molecule has 1 N–H and O–H groups in total. The van der Waals surface area contributed by atoms with E-state index in [2.05, 4.69) is 17.2 Å². The van der Waals surface area contributed by atoms with Gasteiger partial charge in [0.05, 0.1) is 11.1 Å². The van der Waals surface area contributed by atoms with Crippen molar-refractivity contribution in [2.24, 2.45) is 13.0 Å². The molecule has 1 aromatic heterocycles. The number of carbonyl (C=O) groups is 1. The van der Waals surface area contributed by atoms with Crippen LogP contribution in [0.3, 0.4) is 0 Å². The molecule has 3 rings (SSSR count). The minimum absolute atomic E-state index is 0.00139. The first kappa shape index (κ1) is 15.0. The molecule has 1 aliphatic heterocycles. The third kappa shape index (κ3) is 2.47. The van der Waals surface area contributed by atoms with Crippen molar-refractivity contribution in [1.29, 1.82) is 0 Å². The van der Waals surface area contributed by atoms with Gasteiger partial charge in [0.1, 0.15) is 5.52 Å². The number of hydrogen-bond donors (Lipinski definition) is 1. The van der Waals surface area contributed by atoms with Crippen LogP contribution < -0.4 is 0 Å². The van der Waals surface area contributed by atoms with Gasteiger partial charge in [-0.1, -0.05) is 12.1 Å². The molecule has 1 fully saturated rings. The van der Waals surface area contributed by atoms with Crippen molar-refractivity contribution in [2.45, 2.75) is 32.3 Å². The number of fused-ring (bicyclic) bond motifs is 1. The molecule has 1 saturated heterocycles. The fourth-order valence-electron chi connectivity index (χ4n) is 3.23. The molecular weight excluding hydrogens is 280 g/mol. The highest BCUT2D eigenvalue weighted by molar-refractivity contribution is 5.97. The molecule has 0 spiro atoms. The second-order valence-electron chi connectivity index (χ2n) is 6.38. The summed E-state index contributed by atoms with van der Waals surface area (Å²) in [4.78, 5) is 14.5. The monoisotopic (exact) mass is 302 g/mol. The second kappa shape index (κ2) is 5.35. The third-order valence-electron chi connectivity index (χ3n) is 4.85. The highest BCUT2D eigenvalue weighted by Gasteiger charge is 2.38. The number of hydrogen-bond acceptors (Lipinski definition) is 4. The summed E-state index contributed by atoms with van der Waals surface area (Å²) < 4.78 is 1.69. The number of aromatic nitrogens is 3. The van der Waals surface area contributed by atoms with Crippen LogP contribution >= 0.6 is 0 Å². The van der Waals surface area contributed by atoms with Gasteiger partial charge in [0.25, 0.3) is 5.91 Å². The summed E-state index contributed by atoms with van der Waals surface area (Å²) in [6, 6.07) is 5.49. The van der Waals surface area contributed by atoms with Gasteiger partial charge in [-0.25, -0.2) is 4.68 Å². The van der Waals surface area contributed by atoms with Gasteiger partial charge in [-0.15, -0.1) is 5.10 Å². The number of piperidine rings is 1. The highest BCUT2D eigenvalue weighted by atomic mass is 16.3. The Morgan fingerprint density at radius 2 is 2.27 bits per heavy atom. The van der Waals surface area contributed by atoms with E-state index in [0.717, 1.165) is 17.5 Å². The van der Waals surface area contributed by atoms with E-state index in [4.69, 9.17) is 0 Å². The molecule has 2 aromatic rings. The molecule has 1 aromatic carbocycles. The zero-order valence-electron chi connectivity index (χ0n) is 13.3. The Bertz CT molecular complexity index is 707. The van der Waals surface area contributed by atoms with Gasteiger partial charge < -0.3 is 10.0 Å². The van der Waals surface area contributed by atoms with E-state index < -0.39 is 5.60 Å². The van der Waals surface area contributed by atoms with E-state index in [1.807, 2.05) is 31.0 Å². The summed E-state index contributed by atoms with van der Waals surface area (Å²) in [6.07, 6.45) is 1.48. The normalized spacial score (nSPS) is 25.6. The Morgan fingerprint density at radius 1 is 1.50 bits per heavy atom. The van der Waals surface area contributed by atoms with Crippen LogP contribution in [0.25, 0.3) is 11.0 Å². The quantitative estimate of drug-likeness (QED) is 0.914. The number of likely N-dealkylation sites (tertiary alicyclic amines) is 1. The van der Waals surface area contributed by atoms with Crippen molar-refractivity contribution in [3.63, 3.8) is 0 Å². The maximum atomic E-state index is 12.7. The number of benzene rings is 1. The van der Waals surface area contributed by atoms with E-state index in [1.165, 1.54) is 0 Å². The van der Waals surface area contributed by atoms with Crippen molar-refractivity contribution < 1.29 is 9.90 Å². The predicted molar refractivity (Wildman–Crippen MR) is 83.4 cm³/mol. The van der Waals surface area contributed by atoms with Gasteiger partial charge in [-0.2, -0.15) is 0 Å². The molecule has 0 aliphatic carbocycles. The van der Waals surface area contributed by atoms with Crippen molar-refractivity contribution in [1.82, 2.24) is 19.9 Å². The van der Waals surface area contributed by atoms with E-state index in [0.29, 0.717) is 25.1 Å². The molecule has 2 atom stereocenters. The number of aryl methyl sites for hydroxylation is 1. The molecule has 6 heteroatoms. The highest BCUT2D eigenvalue weighted by Crippen LogP contribution is 2.30. The third-order valence-corrected chi connectivity index (χ3v) is 4.85. The Balaban J connectivity index is 1.83. The standard InChI is InChI=1S/C16H22N4O2/c1-4-12-10-20(8-7-16(12,2)22)15(21)11-5-6-14-13(9-11)17-18-19(14)3/h5-6,9,12,22H,4,7-8,10H2,1-3H3/t12-,16+/m1/s1. The Morgan fingerprint density at radius 3 is 3.00 bits per heavy atom. The van der Waals surface area contributed by atoms with Crippen LogP contribution in [0.2, 0.25) is 0 Å². The number of rotatable bonds is 2. The average molecular weight is 302 g/mol. The lowest BCUT2D eigenvalue weighted by Gasteiger charge is -2.42. The van der Waals surface area contributed by atoms with Crippen LogP contribution in [-0.4, -0.2) is 49.6 Å². The van der Waals surface area contributed by atoms with Crippen LogP contribution in [0.4, 0.5) is 0 Å². The summed E-state index contributed by atoms with van der Waals surface area (Å²) in [7, 11) is 1.83. The second-order valence-corrected chi connectivity index (χ2v) is 6.38. The molecule has 2 heterocycles. The Labute approximate surface area is 129 Å². The summed E-state index contributed by atoms with van der Waals surface area (Å²) in [6.45, 7) is 5.11. The SMILES string of the molecule is CC[C@@H]1CN(C(=O)c2ccc3c(c2)nnn3C)CC[C@]1(C)O. The summed E-state index contributed by atoms with van der Waals surface area (Å²) in [5, 5.41) is 18.4. The molecule has 0 saturated carbocycles. The van der Waals surface area contributed by atoms with Gasteiger partial charge in [0.2, 0.25) is 0 Å².